The number of amides is 1. The Kier molecular flexibility index (Phi) is 7.80. The van der Waals surface area contributed by atoms with Gasteiger partial charge in [-0.15, -0.1) is 0 Å². The van der Waals surface area contributed by atoms with E-state index in [-0.39, 0.29) is 18.4 Å². The molecule has 0 spiro atoms. The molecule has 146 valence electrons. The molecule has 0 fully saturated rings. The summed E-state index contributed by atoms with van der Waals surface area (Å²) >= 11 is 6.03. The summed E-state index contributed by atoms with van der Waals surface area (Å²) in [6.45, 7) is 6.88. The second kappa shape index (κ2) is 10.1. The molecular weight excluding hydrogens is 366 g/mol. The third-order valence-electron chi connectivity index (χ3n) is 4.04. The number of halogens is 1. The molecule has 2 aromatic carbocycles. The van der Waals surface area contributed by atoms with Crippen molar-refractivity contribution in [2.24, 2.45) is 0 Å². The number of nitrogens with one attached hydrogen (secondary N) is 1. The number of carbonyl (C=O) groups is 1. The number of rotatable bonds is 9. The van der Waals surface area contributed by atoms with Crippen LogP contribution in [0.3, 0.4) is 0 Å². The van der Waals surface area contributed by atoms with E-state index < -0.39 is 0 Å². The van der Waals surface area contributed by atoms with Gasteiger partial charge in [0.25, 0.3) is 0 Å². The number of ether oxygens (including phenoxy) is 3. The van der Waals surface area contributed by atoms with Crippen LogP contribution in [0.5, 0.6) is 17.2 Å². The Labute approximate surface area is 165 Å². The molecule has 5 nitrogen and oxygen atoms in total. The lowest BCUT2D eigenvalue weighted by Crippen LogP contribution is -2.28. The van der Waals surface area contributed by atoms with Gasteiger partial charge in [-0.05, 0) is 56.7 Å². The highest BCUT2D eigenvalue weighted by atomic mass is 35.5. The van der Waals surface area contributed by atoms with Crippen LogP contribution >= 0.6 is 11.6 Å². The van der Waals surface area contributed by atoms with Crippen LogP contribution in [-0.2, 0) is 11.2 Å². The van der Waals surface area contributed by atoms with E-state index >= 15 is 0 Å². The molecule has 1 N–H and O–H groups in total. The van der Waals surface area contributed by atoms with E-state index in [1.165, 1.54) is 0 Å². The van der Waals surface area contributed by atoms with Gasteiger partial charge in [0, 0.05) is 10.6 Å². The number of methoxy groups -OCH3 is 1. The van der Waals surface area contributed by atoms with Crippen molar-refractivity contribution < 1.29 is 19.0 Å². The summed E-state index contributed by atoms with van der Waals surface area (Å²) in [6, 6.07) is 10.8. The summed E-state index contributed by atoms with van der Waals surface area (Å²) in [5, 5.41) is 3.57. The minimum Gasteiger partial charge on any atom is -0.496 e. The first-order valence-electron chi connectivity index (χ1n) is 8.99. The molecule has 0 aromatic heterocycles. The monoisotopic (exact) mass is 391 g/mol. The van der Waals surface area contributed by atoms with Crippen molar-refractivity contribution in [1.82, 2.24) is 5.32 Å². The summed E-state index contributed by atoms with van der Waals surface area (Å²) in [7, 11) is 1.57. The smallest absolute Gasteiger partial charge is 0.225 e. The number of hydrogen-bond acceptors (Lipinski definition) is 4. The fourth-order valence-electron chi connectivity index (χ4n) is 2.77. The molecule has 1 atom stereocenters. The van der Waals surface area contributed by atoms with Gasteiger partial charge in [0.05, 0.1) is 32.8 Å². The SMILES string of the molecule is CCOc1ccc([C@@H](C)NC(=O)Cc2cc(Cl)ccc2OC)cc1OCC. The first kappa shape index (κ1) is 20.9. The largest absolute Gasteiger partial charge is 0.496 e. The third-order valence-corrected chi connectivity index (χ3v) is 4.27. The summed E-state index contributed by atoms with van der Waals surface area (Å²) in [6.07, 6.45) is 0.184. The molecule has 0 saturated heterocycles. The summed E-state index contributed by atoms with van der Waals surface area (Å²) in [5.74, 6) is 1.90. The van der Waals surface area contributed by atoms with Crippen molar-refractivity contribution in [1.29, 1.82) is 0 Å². The second-order valence-electron chi connectivity index (χ2n) is 5.99. The second-order valence-corrected chi connectivity index (χ2v) is 6.43. The van der Waals surface area contributed by atoms with Gasteiger partial charge < -0.3 is 19.5 Å². The van der Waals surface area contributed by atoms with Gasteiger partial charge in [-0.3, -0.25) is 4.79 Å². The lowest BCUT2D eigenvalue weighted by atomic mass is 10.1. The molecule has 2 aromatic rings. The van der Waals surface area contributed by atoms with E-state index in [1.807, 2.05) is 39.0 Å². The van der Waals surface area contributed by atoms with E-state index in [9.17, 15) is 4.79 Å². The van der Waals surface area contributed by atoms with Crippen molar-refractivity contribution in [2.75, 3.05) is 20.3 Å². The predicted octanol–water partition coefficient (Wildman–Crippen LogP) is 4.57. The predicted molar refractivity (Wildman–Crippen MR) is 107 cm³/mol. The third kappa shape index (κ3) is 5.79. The molecule has 0 heterocycles. The van der Waals surface area contributed by atoms with E-state index in [0.29, 0.717) is 35.5 Å². The average molecular weight is 392 g/mol. The van der Waals surface area contributed by atoms with Crippen LogP contribution in [-0.4, -0.2) is 26.2 Å². The van der Waals surface area contributed by atoms with Crippen molar-refractivity contribution in [3.63, 3.8) is 0 Å². The van der Waals surface area contributed by atoms with E-state index in [4.69, 9.17) is 25.8 Å². The minimum absolute atomic E-state index is 0.116. The maximum absolute atomic E-state index is 12.5. The molecule has 0 aliphatic heterocycles. The van der Waals surface area contributed by atoms with Crippen molar-refractivity contribution in [3.05, 3.63) is 52.5 Å². The Morgan fingerprint density at radius 3 is 2.37 bits per heavy atom. The van der Waals surface area contributed by atoms with Gasteiger partial charge in [0.15, 0.2) is 11.5 Å². The minimum atomic E-state index is -0.183. The van der Waals surface area contributed by atoms with Crippen LogP contribution in [0, 0.1) is 0 Å². The van der Waals surface area contributed by atoms with Crippen molar-refractivity contribution in [2.45, 2.75) is 33.2 Å². The standard InChI is InChI=1S/C21H26ClNO4/c1-5-26-19-9-7-15(12-20(19)27-6-2)14(3)23-21(24)13-16-11-17(22)8-10-18(16)25-4/h7-12,14H,5-6,13H2,1-4H3,(H,23,24)/t14-/m1/s1. The Morgan fingerprint density at radius 2 is 1.70 bits per heavy atom. The van der Waals surface area contributed by atoms with E-state index in [1.54, 1.807) is 25.3 Å². The quantitative estimate of drug-likeness (QED) is 0.680. The van der Waals surface area contributed by atoms with Gasteiger partial charge in [-0.1, -0.05) is 17.7 Å². The highest BCUT2D eigenvalue weighted by Gasteiger charge is 2.15. The summed E-state index contributed by atoms with van der Waals surface area (Å²) in [5.41, 5.74) is 1.68. The molecule has 0 radical (unpaired) electrons. The molecule has 27 heavy (non-hydrogen) atoms. The average Bonchev–Trinajstić information content (AvgIpc) is 2.63. The van der Waals surface area contributed by atoms with Crippen LogP contribution in [0.2, 0.25) is 5.02 Å². The molecule has 1 amide bonds. The molecule has 0 bridgehead atoms. The lowest BCUT2D eigenvalue weighted by Gasteiger charge is -2.18. The van der Waals surface area contributed by atoms with Crippen LogP contribution in [0.15, 0.2) is 36.4 Å². The number of hydrogen-bond donors (Lipinski definition) is 1. The highest BCUT2D eigenvalue weighted by molar-refractivity contribution is 6.30. The summed E-state index contributed by atoms with van der Waals surface area (Å²) < 4.78 is 16.5. The van der Waals surface area contributed by atoms with Crippen LogP contribution in [0.4, 0.5) is 0 Å². The maximum atomic E-state index is 12.5. The molecule has 6 heteroatoms. The molecule has 2 rings (SSSR count). The Hall–Kier alpha value is -2.40. The van der Waals surface area contributed by atoms with Gasteiger partial charge >= 0.3 is 0 Å². The molecule has 0 saturated carbocycles. The van der Waals surface area contributed by atoms with Crippen LogP contribution in [0.25, 0.3) is 0 Å². The Bertz CT molecular complexity index is 779. The molecule has 0 unspecified atom stereocenters. The maximum Gasteiger partial charge on any atom is 0.225 e. The molecule has 0 aliphatic carbocycles. The lowest BCUT2D eigenvalue weighted by molar-refractivity contribution is -0.121. The van der Waals surface area contributed by atoms with E-state index in [2.05, 4.69) is 5.32 Å². The van der Waals surface area contributed by atoms with Crippen LogP contribution in [0.1, 0.15) is 37.9 Å². The van der Waals surface area contributed by atoms with Gasteiger partial charge in [-0.25, -0.2) is 0 Å². The zero-order chi connectivity index (χ0) is 19.8. The van der Waals surface area contributed by atoms with Gasteiger partial charge in [0.2, 0.25) is 5.91 Å². The zero-order valence-corrected chi connectivity index (χ0v) is 16.9. The topological polar surface area (TPSA) is 56.8 Å². The normalized spacial score (nSPS) is 11.6. The fourth-order valence-corrected chi connectivity index (χ4v) is 2.97. The van der Waals surface area contributed by atoms with Crippen molar-refractivity contribution in [3.8, 4) is 17.2 Å². The number of carbonyl (C=O) groups excluding carboxylic acids is 1. The first-order chi connectivity index (χ1) is 13.0. The van der Waals surface area contributed by atoms with Crippen LogP contribution < -0.4 is 19.5 Å². The number of benzene rings is 2. The highest BCUT2D eigenvalue weighted by Crippen LogP contribution is 2.31. The van der Waals surface area contributed by atoms with E-state index in [0.717, 1.165) is 11.1 Å². The van der Waals surface area contributed by atoms with Crippen molar-refractivity contribution >= 4 is 17.5 Å². The fraction of sp³-hybridized carbons (Fsp3) is 0.381. The Balaban J connectivity index is 2.10. The zero-order valence-electron chi connectivity index (χ0n) is 16.2. The molecule has 0 aliphatic rings. The molecular formula is C21H26ClNO4. The Morgan fingerprint density at radius 1 is 1.04 bits per heavy atom. The van der Waals surface area contributed by atoms with Gasteiger partial charge in [-0.2, -0.15) is 0 Å². The van der Waals surface area contributed by atoms with Gasteiger partial charge in [0.1, 0.15) is 5.75 Å². The first-order valence-corrected chi connectivity index (χ1v) is 9.37. The summed E-state index contributed by atoms with van der Waals surface area (Å²) in [4.78, 5) is 12.5.